The number of hydrogen-bond donors (Lipinski definition) is 0. The molecule has 0 aromatic heterocycles. The van der Waals surface area contributed by atoms with Crippen LogP contribution in [0.4, 0.5) is 0 Å². The van der Waals surface area contributed by atoms with Gasteiger partial charge in [0.15, 0.2) is 0 Å². The quantitative estimate of drug-likeness (QED) is 0.290. The fourth-order valence-electron chi connectivity index (χ4n) is 2.32. The lowest BCUT2D eigenvalue weighted by molar-refractivity contribution is -0.167. The molecule has 0 bridgehead atoms. The average molecular weight is 350 g/mol. The molecule has 0 heterocycles. The second kappa shape index (κ2) is 8.20. The van der Waals surface area contributed by atoms with Crippen LogP contribution in [0.25, 0.3) is 0 Å². The van der Waals surface area contributed by atoms with Gasteiger partial charge in [-0.15, -0.1) is 0 Å². The number of hydrogen-bond acceptors (Lipinski definition) is 5. The van der Waals surface area contributed by atoms with Crippen LogP contribution in [0.1, 0.15) is 61.8 Å². The van der Waals surface area contributed by atoms with Crippen molar-refractivity contribution < 1.29 is 23.9 Å². The highest BCUT2D eigenvalue weighted by Crippen LogP contribution is 2.36. The van der Waals surface area contributed by atoms with Crippen molar-refractivity contribution >= 4 is 25.6 Å². The Bertz CT molecular complexity index is 570. The zero-order valence-corrected chi connectivity index (χ0v) is 17.0. The van der Waals surface area contributed by atoms with E-state index >= 15 is 0 Å². The molecule has 0 atom stereocenters. The molecule has 5 nitrogen and oxygen atoms in total. The SMILES string of the molecule is [B]CCC(=O)C(C)(C)C(=O)OC(C)(C)C(C)=C(C)C(C)(C)C(=O)OC. The number of ketones is 1. The maximum Gasteiger partial charge on any atom is 0.319 e. The van der Waals surface area contributed by atoms with Crippen molar-refractivity contribution in [3.05, 3.63) is 11.1 Å². The molecule has 0 saturated carbocycles. The Hall–Kier alpha value is -1.59. The number of ether oxygens (including phenoxy) is 2. The second-order valence-electron chi connectivity index (χ2n) is 7.85. The van der Waals surface area contributed by atoms with E-state index in [-0.39, 0.29) is 24.5 Å². The van der Waals surface area contributed by atoms with Crippen LogP contribution >= 0.6 is 0 Å². The van der Waals surface area contributed by atoms with Gasteiger partial charge in [0.05, 0.1) is 20.4 Å². The number of methoxy groups -OCH3 is 1. The van der Waals surface area contributed by atoms with Gasteiger partial charge in [0.2, 0.25) is 0 Å². The Morgan fingerprint density at radius 2 is 1.32 bits per heavy atom. The van der Waals surface area contributed by atoms with Crippen LogP contribution in [0.3, 0.4) is 0 Å². The molecular formula is C19H31BO5. The van der Waals surface area contributed by atoms with Crippen LogP contribution in [0.15, 0.2) is 11.1 Å². The Morgan fingerprint density at radius 1 is 0.840 bits per heavy atom. The average Bonchev–Trinajstić information content (AvgIpc) is 2.51. The molecule has 0 aliphatic carbocycles. The molecule has 0 saturated heterocycles. The summed E-state index contributed by atoms with van der Waals surface area (Å²) >= 11 is 0. The van der Waals surface area contributed by atoms with Crippen LogP contribution in [0.5, 0.6) is 0 Å². The number of carbonyl (C=O) groups excluding carboxylic acids is 3. The highest BCUT2D eigenvalue weighted by atomic mass is 16.6. The summed E-state index contributed by atoms with van der Waals surface area (Å²) in [6.45, 7) is 13.7. The van der Waals surface area contributed by atoms with E-state index < -0.39 is 22.4 Å². The summed E-state index contributed by atoms with van der Waals surface area (Å²) in [4.78, 5) is 36.7. The minimum Gasteiger partial charge on any atom is -0.468 e. The minimum absolute atomic E-state index is 0.117. The maximum absolute atomic E-state index is 12.6. The van der Waals surface area contributed by atoms with Crippen LogP contribution in [0, 0.1) is 10.8 Å². The summed E-state index contributed by atoms with van der Waals surface area (Å²) in [5.74, 6) is -1.24. The van der Waals surface area contributed by atoms with Crippen molar-refractivity contribution in [2.24, 2.45) is 10.8 Å². The van der Waals surface area contributed by atoms with Crippen molar-refractivity contribution in [1.29, 1.82) is 0 Å². The van der Waals surface area contributed by atoms with Crippen molar-refractivity contribution in [2.45, 2.75) is 73.7 Å². The lowest BCUT2D eigenvalue weighted by Gasteiger charge is -2.34. The zero-order chi connectivity index (χ0) is 20.2. The van der Waals surface area contributed by atoms with Crippen LogP contribution in [-0.4, -0.2) is 38.3 Å². The topological polar surface area (TPSA) is 69.7 Å². The summed E-state index contributed by atoms with van der Waals surface area (Å²) < 4.78 is 10.5. The summed E-state index contributed by atoms with van der Waals surface area (Å²) in [6, 6.07) is 0. The molecule has 2 radical (unpaired) electrons. The minimum atomic E-state index is -1.28. The van der Waals surface area contributed by atoms with Gasteiger partial charge >= 0.3 is 11.9 Å². The molecule has 6 heteroatoms. The second-order valence-corrected chi connectivity index (χ2v) is 7.85. The largest absolute Gasteiger partial charge is 0.468 e. The first-order valence-electron chi connectivity index (χ1n) is 8.39. The molecule has 0 aliphatic rings. The molecule has 0 aromatic carbocycles. The first-order chi connectivity index (χ1) is 11.2. The summed E-state index contributed by atoms with van der Waals surface area (Å²) in [5.41, 5.74) is -1.62. The van der Waals surface area contributed by atoms with E-state index in [0.29, 0.717) is 0 Å². The highest BCUT2D eigenvalue weighted by Gasteiger charge is 2.41. The smallest absolute Gasteiger partial charge is 0.319 e. The van der Waals surface area contributed by atoms with E-state index in [1.807, 2.05) is 13.8 Å². The molecule has 25 heavy (non-hydrogen) atoms. The fourth-order valence-corrected chi connectivity index (χ4v) is 2.32. The highest BCUT2D eigenvalue weighted by molar-refractivity contribution is 6.12. The number of esters is 2. The van der Waals surface area contributed by atoms with Crippen LogP contribution < -0.4 is 0 Å². The van der Waals surface area contributed by atoms with E-state index in [1.165, 1.54) is 21.0 Å². The standard InChI is InChI=1S/C19H31BO5/c1-12(17(3,4)15(22)24-9)13(2)19(7,8)25-16(23)18(5,6)14(21)10-11-20/h10-11H2,1-9H3. The van der Waals surface area contributed by atoms with E-state index in [9.17, 15) is 14.4 Å². The van der Waals surface area contributed by atoms with Gasteiger partial charge in [-0.3, -0.25) is 14.4 Å². The fraction of sp³-hybridized carbons (Fsp3) is 0.737. The van der Waals surface area contributed by atoms with Crippen molar-refractivity contribution in [3.63, 3.8) is 0 Å². The van der Waals surface area contributed by atoms with Crippen molar-refractivity contribution in [2.75, 3.05) is 7.11 Å². The van der Waals surface area contributed by atoms with E-state index in [0.717, 1.165) is 11.1 Å². The van der Waals surface area contributed by atoms with Gasteiger partial charge in [0.1, 0.15) is 16.8 Å². The Kier molecular flexibility index (Phi) is 7.68. The summed E-state index contributed by atoms with van der Waals surface area (Å²) in [6.07, 6.45) is 0.302. The third-order valence-electron chi connectivity index (χ3n) is 5.03. The van der Waals surface area contributed by atoms with Crippen LogP contribution in [0.2, 0.25) is 6.32 Å². The molecule has 0 spiro atoms. The normalized spacial score (nSPS) is 13.8. The number of carbonyl (C=O) groups is 3. The lowest BCUT2D eigenvalue weighted by Crippen LogP contribution is -2.42. The Morgan fingerprint density at radius 3 is 1.72 bits per heavy atom. The van der Waals surface area contributed by atoms with Gasteiger partial charge in [-0.25, -0.2) is 0 Å². The monoisotopic (exact) mass is 350 g/mol. The van der Waals surface area contributed by atoms with Gasteiger partial charge < -0.3 is 9.47 Å². The summed E-state index contributed by atoms with van der Waals surface area (Å²) in [5, 5.41) is 0. The molecular weight excluding hydrogens is 319 g/mol. The van der Waals surface area contributed by atoms with E-state index in [4.69, 9.17) is 17.3 Å². The number of Topliss-reactive ketones (excluding diaryl/α,β-unsaturated/α-hetero) is 1. The summed E-state index contributed by atoms with van der Waals surface area (Å²) in [7, 11) is 6.74. The first kappa shape index (κ1) is 23.4. The van der Waals surface area contributed by atoms with Crippen LogP contribution in [-0.2, 0) is 23.9 Å². The van der Waals surface area contributed by atoms with E-state index in [1.54, 1.807) is 27.7 Å². The third kappa shape index (κ3) is 5.19. The molecule has 140 valence electrons. The molecule has 0 N–H and O–H groups in total. The van der Waals surface area contributed by atoms with Gasteiger partial charge in [-0.1, -0.05) is 11.9 Å². The Balaban J connectivity index is 5.64. The molecule has 0 unspecified atom stereocenters. The molecule has 0 aliphatic heterocycles. The van der Waals surface area contributed by atoms with Gasteiger partial charge in [-0.2, -0.15) is 0 Å². The predicted octanol–water partition coefficient (Wildman–Crippen LogP) is 3.42. The first-order valence-corrected chi connectivity index (χ1v) is 8.39. The van der Waals surface area contributed by atoms with Crippen molar-refractivity contribution in [3.8, 4) is 0 Å². The zero-order valence-electron chi connectivity index (χ0n) is 17.0. The third-order valence-corrected chi connectivity index (χ3v) is 5.03. The predicted molar refractivity (Wildman–Crippen MR) is 98.3 cm³/mol. The van der Waals surface area contributed by atoms with Gasteiger partial charge in [-0.05, 0) is 67.4 Å². The number of rotatable bonds is 8. The van der Waals surface area contributed by atoms with E-state index in [2.05, 4.69) is 0 Å². The molecule has 0 amide bonds. The molecule has 0 fully saturated rings. The maximum atomic E-state index is 12.6. The Labute approximate surface area is 152 Å². The molecule has 0 aromatic rings. The molecule has 0 rings (SSSR count). The lowest BCUT2D eigenvalue weighted by atomic mass is 9.78. The van der Waals surface area contributed by atoms with Crippen molar-refractivity contribution in [1.82, 2.24) is 0 Å². The van der Waals surface area contributed by atoms with Gasteiger partial charge in [0.25, 0.3) is 0 Å². The van der Waals surface area contributed by atoms with Gasteiger partial charge in [0, 0.05) is 0 Å².